The molecule has 5 nitrogen and oxygen atoms in total. The molecular formula is C38H19N3O2. The van der Waals surface area contributed by atoms with Gasteiger partial charge in [0, 0.05) is 32.3 Å². The van der Waals surface area contributed by atoms with Gasteiger partial charge in [-0.1, -0.05) is 60.7 Å². The number of hydrogen-bond donors (Lipinski definition) is 0. The zero-order chi connectivity index (χ0) is 28.7. The molecule has 3 heterocycles. The second-order valence-electron chi connectivity index (χ2n) is 10.8. The van der Waals surface area contributed by atoms with Gasteiger partial charge >= 0.3 is 0 Å². The van der Waals surface area contributed by atoms with Crippen molar-refractivity contribution in [3.05, 3.63) is 126 Å². The van der Waals surface area contributed by atoms with Crippen LogP contribution in [-0.4, -0.2) is 4.57 Å². The minimum absolute atomic E-state index is 0.466. The predicted octanol–water partition coefficient (Wildman–Crippen LogP) is 9.99. The Kier molecular flexibility index (Phi) is 4.68. The average Bonchev–Trinajstić information content (AvgIpc) is 3.73. The third-order valence-corrected chi connectivity index (χ3v) is 8.45. The van der Waals surface area contributed by atoms with E-state index < -0.39 is 0 Å². The van der Waals surface area contributed by atoms with Gasteiger partial charge in [0.05, 0.1) is 33.9 Å². The minimum atomic E-state index is 0.466. The molecule has 0 saturated carbocycles. The SMILES string of the molecule is N#Cc1ccc2c3ccccc3n(-c3cccc4c3oc3c(C#N)cc(-c5ccc6c(c5)oc5ccccc56)cc34)c2c1. The first-order valence-corrected chi connectivity index (χ1v) is 14.0. The molecule has 0 bridgehead atoms. The number of aromatic nitrogens is 1. The third-order valence-electron chi connectivity index (χ3n) is 8.45. The van der Waals surface area contributed by atoms with Gasteiger partial charge in [0.2, 0.25) is 0 Å². The summed E-state index contributed by atoms with van der Waals surface area (Å²) in [5.41, 5.74) is 8.61. The highest BCUT2D eigenvalue weighted by atomic mass is 16.3. The van der Waals surface area contributed by atoms with Crippen LogP contribution in [0.2, 0.25) is 0 Å². The van der Waals surface area contributed by atoms with Crippen molar-refractivity contribution in [1.29, 1.82) is 10.5 Å². The summed E-state index contributed by atoms with van der Waals surface area (Å²) in [6.07, 6.45) is 0. The minimum Gasteiger partial charge on any atom is -0.456 e. The van der Waals surface area contributed by atoms with Gasteiger partial charge in [-0.15, -0.1) is 0 Å². The number of nitriles is 2. The summed E-state index contributed by atoms with van der Waals surface area (Å²) in [6.45, 7) is 0. The van der Waals surface area contributed by atoms with Crippen molar-refractivity contribution in [3.8, 4) is 29.0 Å². The van der Waals surface area contributed by atoms with E-state index in [2.05, 4.69) is 53.1 Å². The molecule has 0 N–H and O–H groups in total. The van der Waals surface area contributed by atoms with Gasteiger partial charge in [0.25, 0.3) is 0 Å². The number of fused-ring (bicyclic) bond motifs is 9. The number of furan rings is 2. The van der Waals surface area contributed by atoms with Crippen LogP contribution < -0.4 is 0 Å². The Labute approximate surface area is 244 Å². The van der Waals surface area contributed by atoms with Crippen LogP contribution in [-0.2, 0) is 0 Å². The number of benzene rings is 6. The van der Waals surface area contributed by atoms with Gasteiger partial charge in [-0.25, -0.2) is 0 Å². The molecular weight excluding hydrogens is 530 g/mol. The molecule has 0 aliphatic rings. The van der Waals surface area contributed by atoms with Gasteiger partial charge in [-0.2, -0.15) is 10.5 Å². The van der Waals surface area contributed by atoms with Crippen molar-refractivity contribution in [3.63, 3.8) is 0 Å². The summed E-state index contributed by atoms with van der Waals surface area (Å²) in [4.78, 5) is 0. The Morgan fingerprint density at radius 1 is 0.488 bits per heavy atom. The third kappa shape index (κ3) is 3.25. The first-order valence-electron chi connectivity index (χ1n) is 14.0. The summed E-state index contributed by atoms with van der Waals surface area (Å²) in [6, 6.07) is 42.9. The summed E-state index contributed by atoms with van der Waals surface area (Å²) < 4.78 is 14.9. The first-order chi connectivity index (χ1) is 21.2. The molecule has 0 atom stereocenters. The van der Waals surface area contributed by atoms with E-state index in [1.165, 1.54) is 0 Å². The Morgan fingerprint density at radius 3 is 2.14 bits per heavy atom. The van der Waals surface area contributed by atoms with Gasteiger partial charge in [-0.05, 0) is 65.7 Å². The standard InChI is InChI=1S/C38H19N3O2/c39-20-22-12-14-27-26-6-1-3-9-32(26)41(34(27)16-22)33-10-5-8-30-31-18-24(17-25(21-40)37(31)43-38(30)33)23-13-15-29-28-7-2-4-11-35(28)42-36(29)19-23/h1-19H. The quantitative estimate of drug-likeness (QED) is 0.215. The molecule has 5 heteroatoms. The van der Waals surface area contributed by atoms with Gasteiger partial charge in [0.1, 0.15) is 17.2 Å². The second kappa shape index (κ2) is 8.60. The molecule has 0 fully saturated rings. The fourth-order valence-corrected chi connectivity index (χ4v) is 6.52. The Morgan fingerprint density at radius 2 is 1.26 bits per heavy atom. The molecule has 0 saturated heterocycles. The van der Waals surface area contributed by atoms with Crippen LogP contribution in [0.25, 0.3) is 82.5 Å². The van der Waals surface area contributed by atoms with Crippen molar-refractivity contribution in [2.75, 3.05) is 0 Å². The van der Waals surface area contributed by atoms with Crippen LogP contribution in [0, 0.1) is 22.7 Å². The van der Waals surface area contributed by atoms with Crippen molar-refractivity contribution >= 4 is 65.7 Å². The van der Waals surface area contributed by atoms with Crippen molar-refractivity contribution in [2.24, 2.45) is 0 Å². The second-order valence-corrected chi connectivity index (χ2v) is 10.8. The number of hydrogen-bond acceptors (Lipinski definition) is 4. The van der Waals surface area contributed by atoms with Crippen LogP contribution >= 0.6 is 0 Å². The van der Waals surface area contributed by atoms with Crippen LogP contribution in [0.5, 0.6) is 0 Å². The topological polar surface area (TPSA) is 78.8 Å². The zero-order valence-corrected chi connectivity index (χ0v) is 22.6. The van der Waals surface area contributed by atoms with Crippen LogP contribution in [0.15, 0.2) is 124 Å². The maximum absolute atomic E-state index is 10.2. The van der Waals surface area contributed by atoms with Gasteiger partial charge in [0.15, 0.2) is 11.2 Å². The monoisotopic (exact) mass is 549 g/mol. The molecule has 0 amide bonds. The smallest absolute Gasteiger partial charge is 0.159 e. The predicted molar refractivity (Wildman–Crippen MR) is 170 cm³/mol. The summed E-state index contributed by atoms with van der Waals surface area (Å²) in [5, 5.41) is 26.0. The lowest BCUT2D eigenvalue weighted by Crippen LogP contribution is -1.94. The molecule has 0 aliphatic carbocycles. The van der Waals surface area contributed by atoms with E-state index in [1.54, 1.807) is 0 Å². The Hall–Kier alpha value is -6.30. The molecule has 198 valence electrons. The normalized spacial score (nSPS) is 11.7. The van der Waals surface area contributed by atoms with Crippen molar-refractivity contribution in [2.45, 2.75) is 0 Å². The van der Waals surface area contributed by atoms with E-state index in [1.807, 2.05) is 78.9 Å². The van der Waals surface area contributed by atoms with Crippen molar-refractivity contribution < 1.29 is 8.83 Å². The highest BCUT2D eigenvalue weighted by Crippen LogP contribution is 2.41. The zero-order valence-electron chi connectivity index (χ0n) is 22.6. The molecule has 0 aliphatic heterocycles. The van der Waals surface area contributed by atoms with E-state index in [0.717, 1.165) is 71.3 Å². The van der Waals surface area contributed by atoms with E-state index in [4.69, 9.17) is 8.83 Å². The molecule has 0 radical (unpaired) electrons. The fourth-order valence-electron chi connectivity index (χ4n) is 6.52. The van der Waals surface area contributed by atoms with Crippen LogP contribution in [0.3, 0.4) is 0 Å². The van der Waals surface area contributed by atoms with E-state index in [0.29, 0.717) is 22.3 Å². The summed E-state index contributed by atoms with van der Waals surface area (Å²) >= 11 is 0. The van der Waals surface area contributed by atoms with E-state index in [-0.39, 0.29) is 0 Å². The van der Waals surface area contributed by atoms with Crippen LogP contribution in [0.1, 0.15) is 11.1 Å². The number of rotatable bonds is 2. The van der Waals surface area contributed by atoms with Crippen LogP contribution in [0.4, 0.5) is 0 Å². The van der Waals surface area contributed by atoms with Gasteiger partial charge < -0.3 is 13.4 Å². The van der Waals surface area contributed by atoms with Gasteiger partial charge in [-0.3, -0.25) is 0 Å². The highest BCUT2D eigenvalue weighted by molar-refractivity contribution is 6.14. The molecule has 6 aromatic carbocycles. The lowest BCUT2D eigenvalue weighted by Gasteiger charge is -2.08. The maximum atomic E-state index is 10.2. The number of para-hydroxylation sites is 3. The van der Waals surface area contributed by atoms with Crippen molar-refractivity contribution in [1.82, 2.24) is 4.57 Å². The highest BCUT2D eigenvalue weighted by Gasteiger charge is 2.20. The molecule has 9 rings (SSSR count). The molecule has 0 spiro atoms. The molecule has 3 aromatic heterocycles. The largest absolute Gasteiger partial charge is 0.456 e. The maximum Gasteiger partial charge on any atom is 0.159 e. The Balaban J connectivity index is 1.31. The molecule has 9 aromatic rings. The Bertz CT molecular complexity index is 2710. The number of nitrogens with zero attached hydrogens (tertiary/aromatic N) is 3. The fraction of sp³-hybridized carbons (Fsp3) is 0. The lowest BCUT2D eigenvalue weighted by atomic mass is 9.98. The summed E-state index contributed by atoms with van der Waals surface area (Å²) in [7, 11) is 0. The average molecular weight is 550 g/mol. The van der Waals surface area contributed by atoms with E-state index in [9.17, 15) is 10.5 Å². The first kappa shape index (κ1) is 23.4. The molecule has 43 heavy (non-hydrogen) atoms. The lowest BCUT2D eigenvalue weighted by molar-refractivity contribution is 0.665. The summed E-state index contributed by atoms with van der Waals surface area (Å²) in [5.74, 6) is 0. The molecule has 0 unspecified atom stereocenters. The van der Waals surface area contributed by atoms with E-state index >= 15 is 0 Å².